The van der Waals surface area contributed by atoms with Crippen LogP contribution in [0.3, 0.4) is 0 Å². The molecule has 0 aliphatic carbocycles. The van der Waals surface area contributed by atoms with Gasteiger partial charge in [-0.2, -0.15) is 0 Å². The largest absolute Gasteiger partial charge is 0.390 e. The Morgan fingerprint density at radius 2 is 0.800 bits per heavy atom. The first-order chi connectivity index (χ1) is 40.8. The molecule has 12 atom stereocenters. The number of ether oxygens (including phenoxy) is 7. The zero-order valence-corrected chi connectivity index (χ0v) is 46.0. The summed E-state index contributed by atoms with van der Waals surface area (Å²) in [5, 5.41) is 40.2. The minimum atomic E-state index is -0.966. The molecule has 4 aliphatic heterocycles. The summed E-state index contributed by atoms with van der Waals surface area (Å²) in [6.07, 6.45) is 1.73. The van der Waals surface area contributed by atoms with Crippen molar-refractivity contribution in [3.8, 4) is 0 Å². The number of aromatic amines is 4. The molecule has 36 nitrogen and oxygen atoms in total. The summed E-state index contributed by atoms with van der Waals surface area (Å²) in [7, 11) is 0. The van der Waals surface area contributed by atoms with E-state index < -0.39 is 119 Å². The zero-order valence-electron chi connectivity index (χ0n) is 46.0. The SMILES string of the molecule is Cc1cn([C@H]2C[C@H](OCc3cn(C[C@H]4O[C@@H](n5cc(C)c(=O)[nH]c5=O)C[C@@H]4OCc4cn(C[C@H]5O[C@@H](n6cc(C)c(=O)[nH]c6=O)C[C@@H]5OCc5cn(C[C@H]6O[C@@H](n7cc(C)c(=O)[nH]c7=O)C[C@@H]6O)nn5)nn4)nn3)[C@@H](CN=[N+]=[N-])O2)c(=O)[nH]c1=O. The molecule has 7 aromatic rings. The van der Waals surface area contributed by atoms with Gasteiger partial charge >= 0.3 is 22.8 Å². The molecule has 11 rings (SSSR count). The highest BCUT2D eigenvalue weighted by Crippen LogP contribution is 2.35. The quantitative estimate of drug-likeness (QED) is 0.0289. The first kappa shape index (κ1) is 57.9. The maximum Gasteiger partial charge on any atom is 0.330 e. The van der Waals surface area contributed by atoms with E-state index in [9.17, 15) is 43.5 Å². The minimum absolute atomic E-state index is 0.0579. The van der Waals surface area contributed by atoms with Crippen LogP contribution in [0.25, 0.3) is 10.4 Å². The van der Waals surface area contributed by atoms with Gasteiger partial charge in [0.25, 0.3) is 22.2 Å². The molecule has 4 aliphatic rings. The molecule has 36 heteroatoms. The van der Waals surface area contributed by atoms with Crippen LogP contribution >= 0.6 is 0 Å². The van der Waals surface area contributed by atoms with E-state index in [0.29, 0.717) is 28.2 Å². The van der Waals surface area contributed by atoms with Crippen LogP contribution in [0.2, 0.25) is 0 Å². The fraction of sp³-hybridized carbons (Fsp3) is 0.551. The Kier molecular flexibility index (Phi) is 16.6. The molecule has 4 saturated heterocycles. The van der Waals surface area contributed by atoms with Gasteiger partial charge < -0.3 is 38.3 Å². The minimum Gasteiger partial charge on any atom is -0.390 e. The molecule has 450 valence electrons. The first-order valence-electron chi connectivity index (χ1n) is 26.9. The molecule has 0 amide bonds. The number of hydrogen-bond acceptors (Lipinski definition) is 23. The van der Waals surface area contributed by atoms with Gasteiger partial charge in [0, 0.05) is 77.6 Å². The zero-order chi connectivity index (χ0) is 59.8. The van der Waals surface area contributed by atoms with Crippen molar-refractivity contribution in [2.75, 3.05) is 6.54 Å². The molecule has 0 radical (unpaired) electrons. The number of nitrogens with one attached hydrogen (secondary N) is 4. The lowest BCUT2D eigenvalue weighted by atomic mass is 10.1. The fourth-order valence-electron chi connectivity index (χ4n) is 10.6. The van der Waals surface area contributed by atoms with Crippen LogP contribution in [0.4, 0.5) is 0 Å². The van der Waals surface area contributed by atoms with Crippen molar-refractivity contribution >= 4 is 0 Å². The predicted octanol–water partition coefficient (Wildman–Crippen LogP) is -2.23. The lowest BCUT2D eigenvalue weighted by molar-refractivity contribution is -0.0533. The van der Waals surface area contributed by atoms with E-state index >= 15 is 0 Å². The van der Waals surface area contributed by atoms with Crippen molar-refractivity contribution in [2.45, 2.75) is 167 Å². The van der Waals surface area contributed by atoms with Crippen molar-refractivity contribution in [1.82, 2.24) is 83.2 Å². The number of aromatic nitrogens is 17. The molecule has 4 fully saturated rings. The van der Waals surface area contributed by atoms with Gasteiger partial charge in [-0.3, -0.25) is 57.4 Å². The van der Waals surface area contributed by atoms with Crippen molar-refractivity contribution in [3.05, 3.63) is 177 Å². The van der Waals surface area contributed by atoms with Crippen molar-refractivity contribution in [2.24, 2.45) is 5.11 Å². The Balaban J connectivity index is 0.745. The lowest BCUT2D eigenvalue weighted by Gasteiger charge is -2.19. The van der Waals surface area contributed by atoms with Gasteiger partial charge in [0.2, 0.25) is 0 Å². The van der Waals surface area contributed by atoms with Gasteiger partial charge in [0.1, 0.15) is 60.3 Å². The van der Waals surface area contributed by atoms with E-state index in [4.69, 9.17) is 38.7 Å². The van der Waals surface area contributed by atoms with Crippen LogP contribution in [-0.4, -0.2) is 144 Å². The topological polar surface area (TPSA) is 445 Å². The number of nitrogens with zero attached hydrogens (tertiary/aromatic N) is 16. The highest BCUT2D eigenvalue weighted by Gasteiger charge is 2.42. The Labute approximate surface area is 475 Å². The summed E-state index contributed by atoms with van der Waals surface area (Å²) in [5.41, 5.74) is 6.59. The predicted molar refractivity (Wildman–Crippen MR) is 284 cm³/mol. The van der Waals surface area contributed by atoms with Crippen LogP contribution in [0.5, 0.6) is 0 Å². The number of aliphatic hydroxyl groups is 1. The number of azide groups is 1. The van der Waals surface area contributed by atoms with Gasteiger partial charge in [-0.05, 0) is 33.2 Å². The Morgan fingerprint density at radius 3 is 1.15 bits per heavy atom. The van der Waals surface area contributed by atoms with Gasteiger partial charge in [0.15, 0.2) is 0 Å². The summed E-state index contributed by atoms with van der Waals surface area (Å²) in [4.78, 5) is 112. The van der Waals surface area contributed by atoms with Gasteiger partial charge in [-0.15, -0.1) is 15.3 Å². The second-order valence-corrected chi connectivity index (χ2v) is 21.2. The Morgan fingerprint density at radius 1 is 0.494 bits per heavy atom. The van der Waals surface area contributed by atoms with Crippen LogP contribution in [0.15, 0.2) is 86.8 Å². The second kappa shape index (κ2) is 24.4. The average Bonchev–Trinajstić information content (AvgIpc) is 3.27. The van der Waals surface area contributed by atoms with Crippen LogP contribution in [0, 0.1) is 27.7 Å². The van der Waals surface area contributed by atoms with E-state index in [2.05, 4.69) is 60.9 Å². The van der Waals surface area contributed by atoms with Gasteiger partial charge in [-0.25, -0.2) is 33.2 Å². The molecule has 11 heterocycles. The number of hydrogen-bond donors (Lipinski definition) is 5. The van der Waals surface area contributed by atoms with Crippen LogP contribution < -0.4 is 45.0 Å². The van der Waals surface area contributed by atoms with E-state index in [-0.39, 0.29) is 82.8 Å². The number of rotatable bonds is 21. The molecular formula is C49H58N20O16. The van der Waals surface area contributed by atoms with E-state index in [1.807, 2.05) is 0 Å². The Bertz CT molecular complexity index is 4140. The summed E-state index contributed by atoms with van der Waals surface area (Å²) in [6.45, 7) is 6.17. The molecule has 0 bridgehead atoms. The first-order valence-corrected chi connectivity index (χ1v) is 26.9. The smallest absolute Gasteiger partial charge is 0.330 e. The summed E-state index contributed by atoms with van der Waals surface area (Å²) in [6, 6.07) is 0. The highest BCUT2D eigenvalue weighted by molar-refractivity contribution is 5.06. The molecule has 0 spiro atoms. The third-order valence-electron chi connectivity index (χ3n) is 15.1. The third-order valence-corrected chi connectivity index (χ3v) is 15.1. The molecule has 5 N–H and O–H groups in total. The van der Waals surface area contributed by atoms with Crippen molar-refractivity contribution < 1.29 is 38.3 Å². The Hall–Kier alpha value is -8.87. The molecule has 7 aromatic heterocycles. The fourth-order valence-corrected chi connectivity index (χ4v) is 10.6. The highest BCUT2D eigenvalue weighted by atomic mass is 16.6. The summed E-state index contributed by atoms with van der Waals surface area (Å²) >= 11 is 0. The molecule has 0 aromatic carbocycles. The molecule has 0 saturated carbocycles. The van der Waals surface area contributed by atoms with E-state index in [1.54, 1.807) is 46.3 Å². The maximum absolute atomic E-state index is 13.1. The average molecular weight is 1180 g/mol. The van der Waals surface area contributed by atoms with Crippen molar-refractivity contribution in [3.63, 3.8) is 0 Å². The van der Waals surface area contributed by atoms with Crippen LogP contribution in [-0.2, 0) is 72.6 Å². The molecule has 85 heavy (non-hydrogen) atoms. The maximum atomic E-state index is 13.1. The standard InChI is InChI=1S/C49H58N20O16/c1-23-10-66(46(75)52-42(23)71)38-5-30(70)35(83-38)17-63-14-27(56-60-63)21-80-32-7-40(68-12-25(3)44(73)54-48(68)77)85-37(32)19-65-16-29(58-62-65)22-81-33-8-41(69-13-26(4)45(74)55-49(69)78)84-36(33)18-64-15-28(57-61-64)20-79-31-6-39(82-34(31)9-51-59-50)67-11-24(2)43(72)53-47(67)76/h10-16,30-41,70H,5-9,17-22H2,1-4H3,(H,52,71,75)(H,53,72,76)(H,54,73,77)(H,55,74,78)/t30-,31-,32-,33-,34+,35+,36+,37+,38+,39+,40+,41+/m0/s1. The summed E-state index contributed by atoms with van der Waals surface area (Å²) < 4.78 is 53.5. The van der Waals surface area contributed by atoms with E-state index in [0.717, 1.165) is 0 Å². The number of aryl methyl sites for hydroxylation is 4. The number of aliphatic hydroxyl groups excluding tert-OH is 1. The number of H-pyrrole nitrogens is 4. The summed E-state index contributed by atoms with van der Waals surface area (Å²) in [5.74, 6) is 0. The van der Waals surface area contributed by atoms with E-state index in [1.165, 1.54) is 57.1 Å². The second-order valence-electron chi connectivity index (χ2n) is 21.2. The van der Waals surface area contributed by atoms with Gasteiger partial charge in [-0.1, -0.05) is 20.8 Å². The third kappa shape index (κ3) is 12.8. The lowest BCUT2D eigenvalue weighted by Crippen LogP contribution is -2.33. The monoisotopic (exact) mass is 1180 g/mol. The van der Waals surface area contributed by atoms with Crippen LogP contribution in [0.1, 0.15) is 89.9 Å². The molecular weight excluding hydrogens is 1120 g/mol. The normalized spacial score (nSPS) is 25.7. The van der Waals surface area contributed by atoms with Gasteiger partial charge in [0.05, 0.1) is 95.1 Å². The van der Waals surface area contributed by atoms with Crippen molar-refractivity contribution in [1.29, 1.82) is 0 Å². The molecule has 0 unspecified atom stereocenters.